The molecule has 0 aliphatic heterocycles. The molecule has 106 valence electrons. The Morgan fingerprint density at radius 1 is 1.24 bits per heavy atom. The highest BCUT2D eigenvalue weighted by Crippen LogP contribution is 2.27. The third kappa shape index (κ3) is 2.82. The minimum Gasteiger partial charge on any atom is -0.421 e. The first-order chi connectivity index (χ1) is 10.1. The monoisotopic (exact) mass is 300 g/mol. The first-order valence-corrected chi connectivity index (χ1v) is 7.14. The Balaban J connectivity index is 1.91. The lowest BCUT2D eigenvalue weighted by atomic mass is 10.1. The van der Waals surface area contributed by atoms with E-state index in [0.29, 0.717) is 28.7 Å². The second-order valence-corrected chi connectivity index (χ2v) is 5.44. The number of nitrogens with one attached hydrogen (secondary N) is 1. The number of carbonyl (C=O) groups excluding carboxylic acids is 1. The number of amides is 1. The molecule has 0 atom stereocenters. The van der Waals surface area contributed by atoms with Crippen molar-refractivity contribution in [1.29, 1.82) is 0 Å². The van der Waals surface area contributed by atoms with Gasteiger partial charge in [-0.3, -0.25) is 4.79 Å². The van der Waals surface area contributed by atoms with Crippen LogP contribution < -0.4 is 5.32 Å². The number of anilines is 1. The number of carbonyl (C=O) groups is 1. The zero-order chi connectivity index (χ0) is 14.8. The van der Waals surface area contributed by atoms with Crippen LogP contribution in [0, 0.1) is 13.8 Å². The van der Waals surface area contributed by atoms with Crippen molar-refractivity contribution in [1.82, 2.24) is 15.2 Å². The molecule has 0 unspecified atom stereocenters. The summed E-state index contributed by atoms with van der Waals surface area (Å²) in [6.07, 6.45) is 0. The summed E-state index contributed by atoms with van der Waals surface area (Å²) >= 11 is 1.43. The van der Waals surface area contributed by atoms with Crippen molar-refractivity contribution in [2.75, 3.05) is 5.32 Å². The maximum Gasteiger partial charge on any atom is 0.275 e. The quantitative estimate of drug-likeness (QED) is 0.804. The molecule has 21 heavy (non-hydrogen) atoms. The van der Waals surface area contributed by atoms with Gasteiger partial charge < -0.3 is 9.73 Å². The first-order valence-electron chi connectivity index (χ1n) is 6.26. The summed E-state index contributed by atoms with van der Waals surface area (Å²) < 4.78 is 5.41. The Bertz CT molecular complexity index is 794. The molecule has 2 heterocycles. The molecule has 7 heteroatoms. The number of aryl methyl sites for hydroxylation is 2. The van der Waals surface area contributed by atoms with Gasteiger partial charge in [-0.1, -0.05) is 12.1 Å². The molecule has 3 aromatic rings. The zero-order valence-corrected chi connectivity index (χ0v) is 12.3. The summed E-state index contributed by atoms with van der Waals surface area (Å²) in [6.45, 7) is 3.58. The smallest absolute Gasteiger partial charge is 0.275 e. The molecule has 0 saturated heterocycles. The van der Waals surface area contributed by atoms with Crippen LogP contribution in [0.5, 0.6) is 0 Å². The first kappa shape index (κ1) is 13.4. The van der Waals surface area contributed by atoms with E-state index >= 15 is 0 Å². The van der Waals surface area contributed by atoms with E-state index in [2.05, 4.69) is 20.5 Å². The molecule has 0 bridgehead atoms. The highest BCUT2D eigenvalue weighted by atomic mass is 32.1. The fourth-order valence-corrected chi connectivity index (χ4v) is 2.43. The molecule has 0 aliphatic carbocycles. The molecule has 1 N–H and O–H groups in total. The van der Waals surface area contributed by atoms with Crippen molar-refractivity contribution in [2.24, 2.45) is 0 Å². The van der Waals surface area contributed by atoms with Crippen LogP contribution in [0.1, 0.15) is 21.4 Å². The molecule has 0 radical (unpaired) electrons. The average molecular weight is 300 g/mol. The molecule has 1 amide bonds. The number of hydrogen-bond donors (Lipinski definition) is 1. The number of aromatic nitrogens is 3. The van der Waals surface area contributed by atoms with Crippen molar-refractivity contribution in [3.05, 3.63) is 46.2 Å². The van der Waals surface area contributed by atoms with Crippen LogP contribution in [0.25, 0.3) is 11.5 Å². The second kappa shape index (κ2) is 5.45. The Kier molecular flexibility index (Phi) is 3.49. The molecular formula is C14H12N4O2S. The van der Waals surface area contributed by atoms with E-state index in [1.54, 1.807) is 18.4 Å². The predicted molar refractivity (Wildman–Crippen MR) is 79.3 cm³/mol. The van der Waals surface area contributed by atoms with Gasteiger partial charge in [-0.15, -0.1) is 21.5 Å². The van der Waals surface area contributed by atoms with Gasteiger partial charge in [0, 0.05) is 12.3 Å². The van der Waals surface area contributed by atoms with Gasteiger partial charge in [0.15, 0.2) is 0 Å². The van der Waals surface area contributed by atoms with Crippen molar-refractivity contribution in [3.8, 4) is 11.5 Å². The molecular weight excluding hydrogens is 288 g/mol. The summed E-state index contributed by atoms with van der Waals surface area (Å²) in [5.41, 5.74) is 1.68. The summed E-state index contributed by atoms with van der Waals surface area (Å²) in [6, 6.07) is 7.27. The van der Waals surface area contributed by atoms with Crippen LogP contribution in [0.2, 0.25) is 0 Å². The number of thiazole rings is 1. The third-order valence-corrected chi connectivity index (χ3v) is 3.56. The third-order valence-electron chi connectivity index (χ3n) is 2.78. The van der Waals surface area contributed by atoms with Gasteiger partial charge in [0.25, 0.3) is 5.91 Å². The zero-order valence-electron chi connectivity index (χ0n) is 11.5. The lowest BCUT2D eigenvalue weighted by molar-refractivity contribution is 0.102. The van der Waals surface area contributed by atoms with Crippen LogP contribution in [0.15, 0.2) is 34.1 Å². The van der Waals surface area contributed by atoms with E-state index in [1.165, 1.54) is 11.3 Å². The lowest BCUT2D eigenvalue weighted by Gasteiger charge is -2.07. The largest absolute Gasteiger partial charge is 0.421 e. The Morgan fingerprint density at radius 3 is 2.71 bits per heavy atom. The van der Waals surface area contributed by atoms with Gasteiger partial charge in [-0.25, -0.2) is 4.98 Å². The molecule has 6 nitrogen and oxygen atoms in total. The summed E-state index contributed by atoms with van der Waals surface area (Å²) in [4.78, 5) is 16.4. The van der Waals surface area contributed by atoms with Crippen LogP contribution in [-0.4, -0.2) is 21.1 Å². The number of rotatable bonds is 3. The fraction of sp³-hybridized carbons (Fsp3) is 0.143. The van der Waals surface area contributed by atoms with Gasteiger partial charge >= 0.3 is 0 Å². The Hall–Kier alpha value is -2.54. The summed E-state index contributed by atoms with van der Waals surface area (Å²) in [5, 5.41) is 13.2. The summed E-state index contributed by atoms with van der Waals surface area (Å²) in [5.74, 6) is 0.585. The van der Waals surface area contributed by atoms with Crippen molar-refractivity contribution < 1.29 is 9.21 Å². The molecule has 0 saturated carbocycles. The Morgan fingerprint density at radius 2 is 2.05 bits per heavy atom. The molecule has 2 aromatic heterocycles. The van der Waals surface area contributed by atoms with Crippen LogP contribution >= 0.6 is 11.3 Å². The van der Waals surface area contributed by atoms with Gasteiger partial charge in [0.1, 0.15) is 5.69 Å². The van der Waals surface area contributed by atoms with Gasteiger partial charge in [0.2, 0.25) is 11.8 Å². The van der Waals surface area contributed by atoms with Crippen LogP contribution in [0.4, 0.5) is 5.69 Å². The molecule has 1 aromatic carbocycles. The van der Waals surface area contributed by atoms with Gasteiger partial charge in [0.05, 0.1) is 16.3 Å². The average Bonchev–Trinajstić information content (AvgIpc) is 3.08. The molecule has 0 aliphatic rings. The minimum absolute atomic E-state index is 0.261. The predicted octanol–water partition coefficient (Wildman–Crippen LogP) is 3.06. The number of para-hydroxylation sites is 1. The second-order valence-electron chi connectivity index (χ2n) is 4.38. The van der Waals surface area contributed by atoms with E-state index in [0.717, 1.165) is 5.01 Å². The SMILES string of the molecule is Cc1nnc(-c2ccccc2NC(=O)c2csc(C)n2)o1. The van der Waals surface area contributed by atoms with Crippen LogP contribution in [0.3, 0.4) is 0 Å². The number of benzene rings is 1. The normalized spacial score (nSPS) is 10.6. The van der Waals surface area contributed by atoms with Crippen molar-refractivity contribution in [3.63, 3.8) is 0 Å². The van der Waals surface area contributed by atoms with E-state index in [1.807, 2.05) is 25.1 Å². The standard InChI is InChI=1S/C14H12N4O2S/c1-8-17-18-14(20-8)10-5-3-4-6-11(10)16-13(19)12-7-21-9(2)15-12/h3-7H,1-2H3,(H,16,19). The molecule has 0 spiro atoms. The number of hydrogen-bond acceptors (Lipinski definition) is 6. The van der Waals surface area contributed by atoms with Crippen molar-refractivity contribution >= 4 is 22.9 Å². The van der Waals surface area contributed by atoms with E-state index in [9.17, 15) is 4.79 Å². The maximum absolute atomic E-state index is 12.2. The fourth-order valence-electron chi connectivity index (χ4n) is 1.84. The van der Waals surface area contributed by atoms with E-state index in [4.69, 9.17) is 4.42 Å². The van der Waals surface area contributed by atoms with Crippen molar-refractivity contribution in [2.45, 2.75) is 13.8 Å². The number of nitrogens with zero attached hydrogens (tertiary/aromatic N) is 3. The summed E-state index contributed by atoms with van der Waals surface area (Å²) in [7, 11) is 0. The van der Waals surface area contributed by atoms with E-state index < -0.39 is 0 Å². The highest BCUT2D eigenvalue weighted by molar-refractivity contribution is 7.09. The minimum atomic E-state index is -0.261. The molecule has 0 fully saturated rings. The lowest BCUT2D eigenvalue weighted by Crippen LogP contribution is -2.13. The topological polar surface area (TPSA) is 80.9 Å². The van der Waals surface area contributed by atoms with E-state index in [-0.39, 0.29) is 5.91 Å². The molecule has 3 rings (SSSR count). The maximum atomic E-state index is 12.2. The van der Waals surface area contributed by atoms with Gasteiger partial charge in [-0.2, -0.15) is 0 Å². The Labute approximate surface area is 124 Å². The van der Waals surface area contributed by atoms with Crippen LogP contribution in [-0.2, 0) is 0 Å². The van der Waals surface area contributed by atoms with Gasteiger partial charge in [-0.05, 0) is 19.1 Å². The highest BCUT2D eigenvalue weighted by Gasteiger charge is 2.15.